The first-order chi connectivity index (χ1) is 8.76. The van der Waals surface area contributed by atoms with E-state index in [1.54, 1.807) is 0 Å². The molecule has 0 amide bonds. The van der Waals surface area contributed by atoms with Crippen molar-refractivity contribution in [1.82, 2.24) is 0 Å². The minimum atomic E-state index is 0.649. The van der Waals surface area contributed by atoms with Gasteiger partial charge in [0.2, 0.25) is 0 Å². The highest BCUT2D eigenvalue weighted by atomic mass is 35.5. The molecule has 1 aromatic carbocycles. The molecule has 0 aliphatic carbocycles. The van der Waals surface area contributed by atoms with Gasteiger partial charge in [0.15, 0.2) is 0 Å². The monoisotopic (exact) mass is 266 g/mol. The zero-order chi connectivity index (χ0) is 13.2. The van der Waals surface area contributed by atoms with Gasteiger partial charge >= 0.3 is 0 Å². The summed E-state index contributed by atoms with van der Waals surface area (Å²) in [7, 11) is 0. The predicted octanol–water partition coefficient (Wildman–Crippen LogP) is 5.75. The summed E-state index contributed by atoms with van der Waals surface area (Å²) in [5, 5.41) is 0. The SMILES string of the molecule is CCCCCCCC(CCl)Cc1ccc(C)cc1. The molecule has 0 saturated carbocycles. The summed E-state index contributed by atoms with van der Waals surface area (Å²) in [6.45, 7) is 4.40. The average molecular weight is 267 g/mol. The minimum Gasteiger partial charge on any atom is -0.126 e. The molecule has 0 N–H and O–H groups in total. The van der Waals surface area contributed by atoms with Crippen LogP contribution >= 0.6 is 11.6 Å². The van der Waals surface area contributed by atoms with E-state index in [2.05, 4.69) is 38.1 Å². The summed E-state index contributed by atoms with van der Waals surface area (Å²) in [5.41, 5.74) is 2.76. The molecule has 0 radical (unpaired) electrons. The maximum absolute atomic E-state index is 6.09. The fourth-order valence-electron chi connectivity index (χ4n) is 2.33. The molecule has 1 atom stereocenters. The summed E-state index contributed by atoms with van der Waals surface area (Å²) >= 11 is 6.09. The van der Waals surface area contributed by atoms with E-state index in [0.29, 0.717) is 5.92 Å². The summed E-state index contributed by atoms with van der Waals surface area (Å²) in [5.74, 6) is 1.44. The molecule has 0 aliphatic rings. The van der Waals surface area contributed by atoms with Crippen molar-refractivity contribution in [1.29, 1.82) is 0 Å². The number of hydrogen-bond acceptors (Lipinski definition) is 0. The third-order valence-electron chi connectivity index (χ3n) is 3.58. The van der Waals surface area contributed by atoms with Crippen LogP contribution in [0.3, 0.4) is 0 Å². The smallest absolute Gasteiger partial charge is 0.0254 e. The molecular formula is C17H27Cl. The van der Waals surface area contributed by atoms with E-state index >= 15 is 0 Å². The van der Waals surface area contributed by atoms with Gasteiger partial charge in [0.05, 0.1) is 0 Å². The number of alkyl halides is 1. The highest BCUT2D eigenvalue weighted by Crippen LogP contribution is 2.18. The van der Waals surface area contributed by atoms with Gasteiger partial charge in [0.1, 0.15) is 0 Å². The van der Waals surface area contributed by atoms with Crippen molar-refractivity contribution in [3.8, 4) is 0 Å². The Balaban J connectivity index is 2.26. The molecular weight excluding hydrogens is 240 g/mol. The van der Waals surface area contributed by atoms with Gasteiger partial charge in [0, 0.05) is 5.88 Å². The maximum atomic E-state index is 6.09. The molecule has 1 unspecified atom stereocenters. The minimum absolute atomic E-state index is 0.649. The fraction of sp³-hybridized carbons (Fsp3) is 0.647. The number of rotatable bonds is 9. The molecule has 0 spiro atoms. The van der Waals surface area contributed by atoms with E-state index in [9.17, 15) is 0 Å². The third kappa shape index (κ3) is 6.44. The zero-order valence-electron chi connectivity index (χ0n) is 11.9. The first kappa shape index (κ1) is 15.6. The van der Waals surface area contributed by atoms with Gasteiger partial charge < -0.3 is 0 Å². The topological polar surface area (TPSA) is 0 Å². The van der Waals surface area contributed by atoms with Gasteiger partial charge in [-0.05, 0) is 31.2 Å². The molecule has 0 saturated heterocycles. The van der Waals surface area contributed by atoms with E-state index in [1.165, 1.54) is 49.7 Å². The van der Waals surface area contributed by atoms with Crippen LogP contribution in [-0.2, 0) is 6.42 Å². The lowest BCUT2D eigenvalue weighted by Gasteiger charge is -2.14. The highest BCUT2D eigenvalue weighted by Gasteiger charge is 2.08. The second kappa shape index (κ2) is 9.44. The predicted molar refractivity (Wildman–Crippen MR) is 82.5 cm³/mol. The van der Waals surface area contributed by atoms with Crippen LogP contribution in [0.2, 0.25) is 0 Å². The lowest BCUT2D eigenvalue weighted by Crippen LogP contribution is -2.06. The highest BCUT2D eigenvalue weighted by molar-refractivity contribution is 6.18. The second-order valence-electron chi connectivity index (χ2n) is 5.41. The first-order valence-corrected chi connectivity index (χ1v) is 7.91. The molecule has 0 aromatic heterocycles. The Hall–Kier alpha value is -0.490. The molecule has 1 aromatic rings. The maximum Gasteiger partial charge on any atom is 0.0254 e. The van der Waals surface area contributed by atoms with Crippen LogP contribution in [0.5, 0.6) is 0 Å². The standard InChI is InChI=1S/C17H27Cl/c1-3-4-5-6-7-8-17(14-18)13-16-11-9-15(2)10-12-16/h9-12,17H,3-8,13-14H2,1-2H3. The summed E-state index contributed by atoms with van der Waals surface area (Å²) < 4.78 is 0. The van der Waals surface area contributed by atoms with Crippen molar-refractivity contribution in [2.45, 2.75) is 58.8 Å². The Kier molecular flexibility index (Phi) is 8.17. The lowest BCUT2D eigenvalue weighted by atomic mass is 9.94. The van der Waals surface area contributed by atoms with Crippen LogP contribution in [0.25, 0.3) is 0 Å². The lowest BCUT2D eigenvalue weighted by molar-refractivity contribution is 0.488. The van der Waals surface area contributed by atoms with Crippen LogP contribution in [0, 0.1) is 12.8 Å². The van der Waals surface area contributed by atoms with Gasteiger partial charge in [-0.3, -0.25) is 0 Å². The van der Waals surface area contributed by atoms with Gasteiger partial charge in [-0.25, -0.2) is 0 Å². The molecule has 0 heterocycles. The molecule has 1 heteroatoms. The van der Waals surface area contributed by atoms with Crippen molar-refractivity contribution >= 4 is 11.6 Å². The zero-order valence-corrected chi connectivity index (χ0v) is 12.7. The van der Waals surface area contributed by atoms with E-state index in [-0.39, 0.29) is 0 Å². The Bertz CT molecular complexity index is 302. The van der Waals surface area contributed by atoms with Crippen LogP contribution in [0.1, 0.15) is 56.6 Å². The van der Waals surface area contributed by atoms with Crippen molar-refractivity contribution in [2.24, 2.45) is 5.92 Å². The molecule has 0 nitrogen and oxygen atoms in total. The fourth-order valence-corrected chi connectivity index (χ4v) is 2.59. The Morgan fingerprint density at radius 1 is 1.00 bits per heavy atom. The Labute approximate surface area is 118 Å². The summed E-state index contributed by atoms with van der Waals surface area (Å²) in [6.07, 6.45) is 9.21. The van der Waals surface area contributed by atoms with Gasteiger partial charge in [-0.2, -0.15) is 0 Å². The number of benzene rings is 1. The second-order valence-corrected chi connectivity index (χ2v) is 5.72. The van der Waals surface area contributed by atoms with Gasteiger partial charge in [0.25, 0.3) is 0 Å². The molecule has 0 bridgehead atoms. The largest absolute Gasteiger partial charge is 0.126 e. The van der Waals surface area contributed by atoms with E-state index in [0.717, 1.165) is 12.3 Å². The Morgan fingerprint density at radius 2 is 1.67 bits per heavy atom. The molecule has 0 aliphatic heterocycles. The van der Waals surface area contributed by atoms with Crippen LogP contribution in [0.15, 0.2) is 24.3 Å². The third-order valence-corrected chi connectivity index (χ3v) is 4.02. The molecule has 0 fully saturated rings. The number of hydrogen-bond donors (Lipinski definition) is 0. The average Bonchev–Trinajstić information content (AvgIpc) is 2.39. The molecule has 102 valence electrons. The van der Waals surface area contributed by atoms with Crippen LogP contribution < -0.4 is 0 Å². The van der Waals surface area contributed by atoms with Gasteiger partial charge in [-0.1, -0.05) is 68.9 Å². The van der Waals surface area contributed by atoms with Crippen LogP contribution in [0.4, 0.5) is 0 Å². The number of unbranched alkanes of at least 4 members (excludes halogenated alkanes) is 4. The first-order valence-electron chi connectivity index (χ1n) is 7.37. The summed E-state index contributed by atoms with van der Waals surface area (Å²) in [4.78, 5) is 0. The number of aryl methyl sites for hydroxylation is 1. The van der Waals surface area contributed by atoms with Crippen molar-refractivity contribution < 1.29 is 0 Å². The van der Waals surface area contributed by atoms with Crippen molar-refractivity contribution in [3.05, 3.63) is 35.4 Å². The molecule has 1 rings (SSSR count). The van der Waals surface area contributed by atoms with E-state index in [4.69, 9.17) is 11.6 Å². The van der Waals surface area contributed by atoms with Crippen LogP contribution in [-0.4, -0.2) is 5.88 Å². The van der Waals surface area contributed by atoms with E-state index in [1.807, 2.05) is 0 Å². The van der Waals surface area contributed by atoms with Crippen molar-refractivity contribution in [3.63, 3.8) is 0 Å². The van der Waals surface area contributed by atoms with Gasteiger partial charge in [-0.15, -0.1) is 11.6 Å². The Morgan fingerprint density at radius 3 is 2.28 bits per heavy atom. The normalized spacial score (nSPS) is 12.6. The molecule has 18 heavy (non-hydrogen) atoms. The quantitative estimate of drug-likeness (QED) is 0.394. The van der Waals surface area contributed by atoms with E-state index < -0.39 is 0 Å². The van der Waals surface area contributed by atoms with Crippen molar-refractivity contribution in [2.75, 3.05) is 5.88 Å². The number of halogens is 1. The summed E-state index contributed by atoms with van der Waals surface area (Å²) in [6, 6.07) is 8.88.